The lowest BCUT2D eigenvalue weighted by Crippen LogP contribution is -2.42. The molecule has 0 radical (unpaired) electrons. The lowest BCUT2D eigenvalue weighted by molar-refractivity contribution is 0.226. The van der Waals surface area contributed by atoms with E-state index in [1.807, 2.05) is 6.07 Å². The molecule has 1 fully saturated rings. The van der Waals surface area contributed by atoms with Gasteiger partial charge < -0.3 is 15.3 Å². The van der Waals surface area contributed by atoms with Crippen molar-refractivity contribution in [1.29, 1.82) is 0 Å². The van der Waals surface area contributed by atoms with Gasteiger partial charge in [-0.2, -0.15) is 0 Å². The Morgan fingerprint density at radius 3 is 2.80 bits per heavy atom. The second-order valence-electron chi connectivity index (χ2n) is 7.65. The third kappa shape index (κ3) is 4.08. The number of rotatable bonds is 5. The largest absolute Gasteiger partial charge is 0.507 e. The number of fused-ring (bicyclic) bond motifs is 1. The van der Waals surface area contributed by atoms with Gasteiger partial charge >= 0.3 is 0 Å². The summed E-state index contributed by atoms with van der Waals surface area (Å²) in [6.45, 7) is 5.26. The third-order valence-corrected chi connectivity index (χ3v) is 6.64. The molecule has 0 bridgehead atoms. The summed E-state index contributed by atoms with van der Waals surface area (Å²) < 4.78 is 23.5. The maximum absolute atomic E-state index is 11.8. The molecule has 3 aromatic rings. The van der Waals surface area contributed by atoms with E-state index in [-0.39, 0.29) is 16.7 Å². The molecule has 2 aromatic heterocycles. The van der Waals surface area contributed by atoms with Crippen LogP contribution < -0.4 is 5.32 Å². The first kappa shape index (κ1) is 20.5. The SMILES string of the molecule is CCN1CCC[C@H](Nc2nnc(-c3ccc(S(C)(=O)=O)cc3O)c3ccncc23)C1. The van der Waals surface area contributed by atoms with Crippen molar-refractivity contribution >= 4 is 26.4 Å². The number of sulfone groups is 1. The smallest absolute Gasteiger partial charge is 0.175 e. The Morgan fingerprint density at radius 2 is 2.07 bits per heavy atom. The number of phenols is 1. The van der Waals surface area contributed by atoms with Gasteiger partial charge in [0.2, 0.25) is 0 Å². The maximum Gasteiger partial charge on any atom is 0.175 e. The highest BCUT2D eigenvalue weighted by atomic mass is 32.2. The molecule has 0 aliphatic carbocycles. The molecular formula is C21H25N5O3S. The van der Waals surface area contributed by atoms with Crippen molar-refractivity contribution in [3.63, 3.8) is 0 Å². The van der Waals surface area contributed by atoms with Gasteiger partial charge in [0, 0.05) is 47.6 Å². The van der Waals surface area contributed by atoms with Crippen LogP contribution in [0.4, 0.5) is 5.82 Å². The van der Waals surface area contributed by atoms with E-state index in [1.54, 1.807) is 18.5 Å². The highest BCUT2D eigenvalue weighted by molar-refractivity contribution is 7.90. The van der Waals surface area contributed by atoms with E-state index in [1.165, 1.54) is 12.1 Å². The number of nitrogens with one attached hydrogen (secondary N) is 1. The van der Waals surface area contributed by atoms with Gasteiger partial charge in [-0.05, 0) is 50.2 Å². The van der Waals surface area contributed by atoms with E-state index in [4.69, 9.17) is 0 Å². The molecule has 8 nitrogen and oxygen atoms in total. The van der Waals surface area contributed by atoms with Gasteiger partial charge in [0.1, 0.15) is 11.4 Å². The molecule has 30 heavy (non-hydrogen) atoms. The van der Waals surface area contributed by atoms with Crippen molar-refractivity contribution in [2.24, 2.45) is 0 Å². The van der Waals surface area contributed by atoms with Gasteiger partial charge in [-0.25, -0.2) is 8.42 Å². The summed E-state index contributed by atoms with van der Waals surface area (Å²) in [6.07, 6.45) is 6.70. The van der Waals surface area contributed by atoms with Crippen LogP contribution in [0.15, 0.2) is 41.6 Å². The van der Waals surface area contributed by atoms with Gasteiger partial charge in [0.05, 0.1) is 4.90 Å². The normalized spacial score (nSPS) is 17.9. The van der Waals surface area contributed by atoms with Crippen LogP contribution in [0.3, 0.4) is 0 Å². The maximum atomic E-state index is 11.8. The van der Waals surface area contributed by atoms with Crippen LogP contribution in [0.2, 0.25) is 0 Å². The zero-order valence-electron chi connectivity index (χ0n) is 17.0. The summed E-state index contributed by atoms with van der Waals surface area (Å²) in [5.41, 5.74) is 0.904. The number of hydrogen-bond donors (Lipinski definition) is 2. The molecule has 1 aliphatic heterocycles. The highest BCUT2D eigenvalue weighted by Crippen LogP contribution is 2.35. The monoisotopic (exact) mass is 427 g/mol. The zero-order valence-corrected chi connectivity index (χ0v) is 17.9. The summed E-state index contributed by atoms with van der Waals surface area (Å²) in [6, 6.07) is 6.38. The first-order valence-corrected chi connectivity index (χ1v) is 11.9. The van der Waals surface area contributed by atoms with Crippen LogP contribution in [0.1, 0.15) is 19.8 Å². The van der Waals surface area contributed by atoms with Gasteiger partial charge in [-0.15, -0.1) is 10.2 Å². The first-order chi connectivity index (χ1) is 14.4. The third-order valence-electron chi connectivity index (χ3n) is 5.53. The number of aromatic nitrogens is 3. The van der Waals surface area contributed by atoms with Crippen LogP contribution in [0.25, 0.3) is 22.0 Å². The summed E-state index contributed by atoms with van der Waals surface area (Å²) in [4.78, 5) is 6.70. The van der Waals surface area contributed by atoms with Gasteiger partial charge in [-0.3, -0.25) is 4.98 Å². The van der Waals surface area contributed by atoms with Crippen LogP contribution >= 0.6 is 0 Å². The number of nitrogens with zero attached hydrogens (tertiary/aromatic N) is 4. The van der Waals surface area contributed by atoms with Crippen molar-refractivity contribution in [1.82, 2.24) is 20.1 Å². The highest BCUT2D eigenvalue weighted by Gasteiger charge is 2.21. The van der Waals surface area contributed by atoms with E-state index in [9.17, 15) is 13.5 Å². The number of pyridine rings is 1. The molecule has 2 N–H and O–H groups in total. The molecule has 158 valence electrons. The number of likely N-dealkylation sites (N-methyl/N-ethyl adjacent to an activating group) is 1. The lowest BCUT2D eigenvalue weighted by Gasteiger charge is -2.32. The predicted molar refractivity (Wildman–Crippen MR) is 116 cm³/mol. The topological polar surface area (TPSA) is 108 Å². The quantitative estimate of drug-likeness (QED) is 0.640. The average molecular weight is 428 g/mol. The number of aromatic hydroxyl groups is 1. The standard InChI is InChI=1S/C21H25N5O3S/c1-3-26-10-4-5-14(13-26)23-21-18-12-22-9-8-16(18)20(24-25-21)17-7-6-15(11-19(17)27)30(2,28)29/h6-9,11-12,14,27H,3-5,10,13H2,1-2H3,(H,23,25)/t14-/m0/s1. The Balaban J connectivity index is 1.73. The predicted octanol–water partition coefficient (Wildman–Crippen LogP) is 2.70. The van der Waals surface area contributed by atoms with E-state index >= 15 is 0 Å². The van der Waals surface area contributed by atoms with E-state index in [2.05, 4.69) is 32.3 Å². The van der Waals surface area contributed by atoms with E-state index in [0.717, 1.165) is 49.5 Å². The molecule has 1 aromatic carbocycles. The Hall–Kier alpha value is -2.78. The molecule has 0 unspecified atom stereocenters. The molecular weight excluding hydrogens is 402 g/mol. The van der Waals surface area contributed by atoms with Gasteiger partial charge in [-0.1, -0.05) is 6.92 Å². The van der Waals surface area contributed by atoms with Crippen molar-refractivity contribution in [2.75, 3.05) is 31.2 Å². The molecule has 1 aliphatic rings. The molecule has 9 heteroatoms. The molecule has 0 spiro atoms. The number of benzene rings is 1. The summed E-state index contributed by atoms with van der Waals surface area (Å²) >= 11 is 0. The Kier molecular flexibility index (Phi) is 5.57. The molecule has 1 saturated heterocycles. The number of anilines is 1. The van der Waals surface area contributed by atoms with Crippen LogP contribution in [0, 0.1) is 0 Å². The number of hydrogen-bond acceptors (Lipinski definition) is 8. The average Bonchev–Trinajstić information content (AvgIpc) is 2.74. The molecule has 4 rings (SSSR count). The fraction of sp³-hybridized carbons (Fsp3) is 0.381. The minimum atomic E-state index is -3.42. The van der Waals surface area contributed by atoms with Crippen molar-refractivity contribution in [2.45, 2.75) is 30.7 Å². The first-order valence-electron chi connectivity index (χ1n) is 9.99. The fourth-order valence-corrected chi connectivity index (χ4v) is 4.54. The Labute approximate surface area is 175 Å². The minimum absolute atomic E-state index is 0.0544. The summed E-state index contributed by atoms with van der Waals surface area (Å²) in [7, 11) is -3.42. The van der Waals surface area contributed by atoms with Crippen molar-refractivity contribution in [3.05, 3.63) is 36.7 Å². The molecule has 0 amide bonds. The second kappa shape index (κ2) is 8.16. The summed E-state index contributed by atoms with van der Waals surface area (Å²) in [5, 5.41) is 24.4. The van der Waals surface area contributed by atoms with Gasteiger partial charge in [0.25, 0.3) is 0 Å². The van der Waals surface area contributed by atoms with Gasteiger partial charge in [0.15, 0.2) is 15.7 Å². The fourth-order valence-electron chi connectivity index (χ4n) is 3.90. The lowest BCUT2D eigenvalue weighted by atomic mass is 10.0. The molecule has 3 heterocycles. The van der Waals surface area contributed by atoms with Crippen LogP contribution in [-0.4, -0.2) is 65.5 Å². The summed E-state index contributed by atoms with van der Waals surface area (Å²) in [5.74, 6) is 0.508. The number of likely N-dealkylation sites (tertiary alicyclic amines) is 1. The number of phenolic OH excluding ortho intramolecular Hbond substituents is 1. The van der Waals surface area contributed by atoms with E-state index < -0.39 is 9.84 Å². The van der Waals surface area contributed by atoms with Crippen molar-refractivity contribution in [3.8, 4) is 17.0 Å². The van der Waals surface area contributed by atoms with E-state index in [0.29, 0.717) is 17.1 Å². The Morgan fingerprint density at radius 1 is 1.23 bits per heavy atom. The van der Waals surface area contributed by atoms with Crippen LogP contribution in [0.5, 0.6) is 5.75 Å². The van der Waals surface area contributed by atoms with Crippen molar-refractivity contribution < 1.29 is 13.5 Å². The molecule has 0 saturated carbocycles. The van der Waals surface area contributed by atoms with Crippen LogP contribution in [-0.2, 0) is 9.84 Å². The number of piperidine rings is 1. The second-order valence-corrected chi connectivity index (χ2v) is 9.66. The molecule has 1 atom stereocenters. The Bertz CT molecular complexity index is 1180. The zero-order chi connectivity index (χ0) is 21.3. The minimum Gasteiger partial charge on any atom is -0.507 e.